The Hall–Kier alpha value is -1.66. The molecule has 1 aliphatic heterocycles. The van der Waals surface area contributed by atoms with Gasteiger partial charge in [-0.15, -0.1) is 11.3 Å². The van der Waals surface area contributed by atoms with Crippen LogP contribution in [0.5, 0.6) is 0 Å². The third-order valence-corrected chi connectivity index (χ3v) is 5.37. The molecule has 1 saturated heterocycles. The lowest BCUT2D eigenvalue weighted by Gasteiger charge is -2.15. The predicted molar refractivity (Wildman–Crippen MR) is 89.9 cm³/mol. The average Bonchev–Trinajstić information content (AvgIpc) is 3.23. The van der Waals surface area contributed by atoms with E-state index in [0.717, 1.165) is 47.6 Å². The number of nitrogens with zero attached hydrogens (tertiary/aromatic N) is 4. The summed E-state index contributed by atoms with van der Waals surface area (Å²) in [5.41, 5.74) is 1.89. The quantitative estimate of drug-likeness (QED) is 0.742. The molecule has 0 radical (unpaired) electrons. The molecule has 3 aromatic heterocycles. The average molecular weight is 316 g/mol. The fourth-order valence-corrected chi connectivity index (χ4v) is 4.15. The molecule has 0 saturated carbocycles. The summed E-state index contributed by atoms with van der Waals surface area (Å²) in [6.45, 7) is 5.99. The summed E-state index contributed by atoms with van der Waals surface area (Å²) in [4.78, 5) is 15.2. The second-order valence-electron chi connectivity index (χ2n) is 5.88. The van der Waals surface area contributed by atoms with Crippen LogP contribution in [-0.2, 0) is 13.0 Å². The maximum Gasteiger partial charge on any atom is 0.291 e. The maximum absolute atomic E-state index is 12.7. The van der Waals surface area contributed by atoms with Crippen LogP contribution in [0.2, 0.25) is 0 Å². The van der Waals surface area contributed by atoms with E-state index in [9.17, 15) is 4.79 Å². The molecule has 0 amide bonds. The molecule has 22 heavy (non-hydrogen) atoms. The molecular weight excluding hydrogens is 296 g/mol. The number of hydrogen-bond acceptors (Lipinski definition) is 4. The Morgan fingerprint density at radius 2 is 2.05 bits per heavy atom. The molecule has 1 aliphatic rings. The summed E-state index contributed by atoms with van der Waals surface area (Å²) >= 11 is 1.68. The Labute approximate surface area is 132 Å². The molecule has 5 nitrogen and oxygen atoms in total. The first-order chi connectivity index (χ1) is 10.8. The first-order valence-electron chi connectivity index (χ1n) is 7.99. The zero-order valence-corrected chi connectivity index (χ0v) is 13.6. The number of fused-ring (bicyclic) bond motifs is 3. The van der Waals surface area contributed by atoms with Gasteiger partial charge in [0, 0.05) is 13.0 Å². The van der Waals surface area contributed by atoms with E-state index in [-0.39, 0.29) is 5.56 Å². The van der Waals surface area contributed by atoms with Crippen molar-refractivity contribution in [2.45, 2.75) is 32.7 Å². The Kier molecular flexibility index (Phi) is 3.50. The summed E-state index contributed by atoms with van der Waals surface area (Å²) in [5, 5.41) is 6.69. The molecule has 0 bridgehead atoms. The number of likely N-dealkylation sites (tertiary alicyclic amines) is 1. The van der Waals surface area contributed by atoms with Crippen molar-refractivity contribution in [1.29, 1.82) is 0 Å². The molecule has 0 aromatic carbocycles. The Morgan fingerprint density at radius 3 is 2.82 bits per heavy atom. The highest BCUT2D eigenvalue weighted by Crippen LogP contribution is 2.24. The zero-order chi connectivity index (χ0) is 15.1. The summed E-state index contributed by atoms with van der Waals surface area (Å²) in [6, 6.07) is 4.08. The molecule has 116 valence electrons. The van der Waals surface area contributed by atoms with E-state index < -0.39 is 0 Å². The Bertz CT molecular complexity index is 869. The largest absolute Gasteiger partial charge is 0.301 e. The Balaban J connectivity index is 1.78. The molecule has 3 aromatic rings. The fraction of sp³-hybridized carbons (Fsp3) is 0.500. The molecule has 0 spiro atoms. The number of aromatic nitrogens is 3. The molecule has 0 N–H and O–H groups in total. The first-order valence-corrected chi connectivity index (χ1v) is 8.87. The topological polar surface area (TPSA) is 42.5 Å². The minimum Gasteiger partial charge on any atom is -0.301 e. The second-order valence-corrected chi connectivity index (χ2v) is 6.83. The van der Waals surface area contributed by atoms with Crippen molar-refractivity contribution in [2.75, 3.05) is 19.6 Å². The number of rotatable bonds is 4. The van der Waals surface area contributed by atoms with Crippen LogP contribution in [0.15, 0.2) is 22.3 Å². The lowest BCUT2D eigenvalue weighted by Crippen LogP contribution is -2.32. The highest BCUT2D eigenvalue weighted by Gasteiger charge is 2.16. The van der Waals surface area contributed by atoms with Crippen LogP contribution in [-0.4, -0.2) is 38.7 Å². The lowest BCUT2D eigenvalue weighted by molar-refractivity contribution is 0.311. The van der Waals surface area contributed by atoms with Crippen molar-refractivity contribution in [3.05, 3.63) is 33.7 Å². The van der Waals surface area contributed by atoms with Crippen molar-refractivity contribution in [2.24, 2.45) is 0 Å². The van der Waals surface area contributed by atoms with E-state index in [1.165, 1.54) is 12.8 Å². The van der Waals surface area contributed by atoms with Crippen molar-refractivity contribution in [3.8, 4) is 0 Å². The minimum absolute atomic E-state index is 0.0276. The van der Waals surface area contributed by atoms with Crippen molar-refractivity contribution in [3.63, 3.8) is 0 Å². The van der Waals surface area contributed by atoms with E-state index >= 15 is 0 Å². The van der Waals surface area contributed by atoms with Gasteiger partial charge in [-0.1, -0.05) is 6.92 Å². The lowest BCUT2D eigenvalue weighted by atomic mass is 10.4. The number of thiophene rings is 1. The molecular formula is C16H20N4OS. The second kappa shape index (κ2) is 5.52. The van der Waals surface area contributed by atoms with Gasteiger partial charge < -0.3 is 4.90 Å². The molecule has 0 atom stereocenters. The fourth-order valence-electron chi connectivity index (χ4n) is 3.35. The van der Waals surface area contributed by atoms with Crippen LogP contribution < -0.4 is 5.56 Å². The number of hydrogen-bond donors (Lipinski definition) is 0. The predicted octanol–water partition coefficient (Wildman–Crippen LogP) is 2.37. The normalized spacial score (nSPS) is 16.2. The SMILES string of the molecule is CCc1nn(CCN2CCCC2)c(=O)c2cc3sccc3n12. The smallest absolute Gasteiger partial charge is 0.291 e. The van der Waals surface area contributed by atoms with Gasteiger partial charge in [0.25, 0.3) is 5.56 Å². The highest BCUT2D eigenvalue weighted by molar-refractivity contribution is 7.17. The van der Waals surface area contributed by atoms with Gasteiger partial charge in [0.05, 0.1) is 16.8 Å². The molecule has 0 unspecified atom stereocenters. The highest BCUT2D eigenvalue weighted by atomic mass is 32.1. The van der Waals surface area contributed by atoms with E-state index in [0.29, 0.717) is 6.54 Å². The van der Waals surface area contributed by atoms with Crippen LogP contribution in [0.3, 0.4) is 0 Å². The van der Waals surface area contributed by atoms with E-state index in [2.05, 4.69) is 28.4 Å². The van der Waals surface area contributed by atoms with Gasteiger partial charge in [0.15, 0.2) is 0 Å². The first kappa shape index (κ1) is 14.0. The van der Waals surface area contributed by atoms with Gasteiger partial charge >= 0.3 is 0 Å². The summed E-state index contributed by atoms with van der Waals surface area (Å²) in [7, 11) is 0. The summed E-state index contributed by atoms with van der Waals surface area (Å²) in [5.74, 6) is 0.962. The van der Waals surface area contributed by atoms with E-state index in [1.54, 1.807) is 16.0 Å². The van der Waals surface area contributed by atoms with Crippen LogP contribution in [0, 0.1) is 0 Å². The Morgan fingerprint density at radius 1 is 1.23 bits per heavy atom. The number of aryl methyl sites for hydroxylation is 1. The zero-order valence-electron chi connectivity index (χ0n) is 12.8. The van der Waals surface area contributed by atoms with Gasteiger partial charge in [-0.05, 0) is 43.4 Å². The van der Waals surface area contributed by atoms with E-state index in [4.69, 9.17) is 0 Å². The monoisotopic (exact) mass is 316 g/mol. The van der Waals surface area contributed by atoms with Crippen molar-refractivity contribution >= 4 is 27.1 Å². The summed E-state index contributed by atoms with van der Waals surface area (Å²) < 4.78 is 4.85. The molecule has 4 rings (SSSR count). The minimum atomic E-state index is 0.0276. The molecule has 0 aliphatic carbocycles. The third kappa shape index (κ3) is 2.18. The van der Waals surface area contributed by atoms with E-state index in [1.807, 2.05) is 10.5 Å². The van der Waals surface area contributed by atoms with Crippen LogP contribution in [0.4, 0.5) is 0 Å². The van der Waals surface area contributed by atoms with Crippen LogP contribution in [0.25, 0.3) is 15.7 Å². The van der Waals surface area contributed by atoms with Gasteiger partial charge in [0.2, 0.25) is 0 Å². The van der Waals surface area contributed by atoms with Gasteiger partial charge in [-0.25, -0.2) is 4.68 Å². The molecule has 1 fully saturated rings. The van der Waals surface area contributed by atoms with Crippen LogP contribution in [0.1, 0.15) is 25.6 Å². The molecule has 4 heterocycles. The van der Waals surface area contributed by atoms with Crippen molar-refractivity contribution < 1.29 is 0 Å². The van der Waals surface area contributed by atoms with Gasteiger partial charge in [0.1, 0.15) is 11.3 Å². The van der Waals surface area contributed by atoms with Crippen molar-refractivity contribution in [1.82, 2.24) is 19.1 Å². The standard InChI is InChI=1S/C16H20N4OS/c1-2-15-17-19(9-8-18-6-3-4-7-18)16(21)13-11-14-12(20(13)15)5-10-22-14/h5,10-11H,2-4,6-9H2,1H3. The van der Waals surface area contributed by atoms with Crippen LogP contribution >= 0.6 is 11.3 Å². The van der Waals surface area contributed by atoms with Gasteiger partial charge in [-0.3, -0.25) is 9.20 Å². The maximum atomic E-state index is 12.7. The summed E-state index contributed by atoms with van der Waals surface area (Å²) in [6.07, 6.45) is 3.37. The molecule has 6 heteroatoms. The van der Waals surface area contributed by atoms with Gasteiger partial charge in [-0.2, -0.15) is 5.10 Å². The third-order valence-electron chi connectivity index (χ3n) is 4.51.